The molecule has 1 aromatic heterocycles. The highest BCUT2D eigenvalue weighted by Gasteiger charge is 2.28. The minimum Gasteiger partial charge on any atom is -0.453 e. The first-order valence-electron chi connectivity index (χ1n) is 5.82. The molecule has 0 fully saturated rings. The summed E-state index contributed by atoms with van der Waals surface area (Å²) in [6, 6.07) is 12.4. The fraction of sp³-hybridized carbons (Fsp3) is 0.286. The second-order valence-electron chi connectivity index (χ2n) is 4.58. The number of rotatable bonds is 3. The zero-order chi connectivity index (χ0) is 11.8. The third-order valence-electron chi connectivity index (χ3n) is 3.46. The lowest BCUT2D eigenvalue weighted by Gasteiger charge is -2.31. The Morgan fingerprint density at radius 1 is 1.29 bits per heavy atom. The highest BCUT2D eigenvalue weighted by atomic mass is 79.9. The van der Waals surface area contributed by atoms with Gasteiger partial charge >= 0.3 is 0 Å². The minimum absolute atomic E-state index is 0.0142. The van der Waals surface area contributed by atoms with E-state index in [1.54, 1.807) is 0 Å². The van der Waals surface area contributed by atoms with E-state index in [1.807, 2.05) is 12.1 Å². The van der Waals surface area contributed by atoms with Crippen LogP contribution in [0.3, 0.4) is 0 Å². The fourth-order valence-electron chi connectivity index (χ4n) is 2.52. The lowest BCUT2D eigenvalue weighted by molar-refractivity contribution is 0.405. The summed E-state index contributed by atoms with van der Waals surface area (Å²) in [5, 5.41) is 0. The van der Waals surface area contributed by atoms with Crippen molar-refractivity contribution in [2.45, 2.75) is 24.8 Å². The van der Waals surface area contributed by atoms with Gasteiger partial charge in [0, 0.05) is 0 Å². The number of halogens is 1. The summed E-state index contributed by atoms with van der Waals surface area (Å²) in [5.74, 6) is 1.45. The Bertz CT molecular complexity index is 535. The van der Waals surface area contributed by atoms with Crippen molar-refractivity contribution >= 4 is 15.9 Å². The van der Waals surface area contributed by atoms with Crippen LogP contribution in [0.4, 0.5) is 0 Å². The molecule has 0 radical (unpaired) electrons. The average Bonchev–Trinajstić information content (AvgIpc) is 2.73. The fourth-order valence-corrected chi connectivity index (χ4v) is 2.84. The Hall–Kier alpha value is -1.06. The second kappa shape index (κ2) is 4.31. The molecule has 0 amide bonds. The highest BCUT2D eigenvalue weighted by Crippen LogP contribution is 2.40. The van der Waals surface area contributed by atoms with Crippen LogP contribution < -0.4 is 5.73 Å². The number of benzene rings is 1. The number of nitrogens with two attached hydrogens (primary N) is 1. The summed E-state index contributed by atoms with van der Waals surface area (Å²) < 4.78 is 6.24. The maximum atomic E-state index is 6.16. The monoisotopic (exact) mass is 291 g/mol. The van der Waals surface area contributed by atoms with Crippen molar-refractivity contribution in [1.82, 2.24) is 0 Å². The molecule has 1 aromatic carbocycles. The quantitative estimate of drug-likeness (QED) is 0.935. The van der Waals surface area contributed by atoms with Crippen molar-refractivity contribution < 1.29 is 4.42 Å². The van der Waals surface area contributed by atoms with E-state index in [0.717, 1.165) is 23.3 Å². The van der Waals surface area contributed by atoms with Gasteiger partial charge in [-0.2, -0.15) is 0 Å². The number of fused-ring (bicyclic) bond motifs is 1. The van der Waals surface area contributed by atoms with Crippen LogP contribution in [0.2, 0.25) is 0 Å². The van der Waals surface area contributed by atoms with Gasteiger partial charge in [-0.1, -0.05) is 24.3 Å². The van der Waals surface area contributed by atoms with Crippen LogP contribution in [0.1, 0.15) is 35.3 Å². The molecular formula is C14H14BrNO. The van der Waals surface area contributed by atoms with Crippen LogP contribution >= 0.6 is 15.9 Å². The highest BCUT2D eigenvalue weighted by molar-refractivity contribution is 9.10. The molecule has 3 rings (SSSR count). The van der Waals surface area contributed by atoms with E-state index in [1.165, 1.54) is 11.1 Å². The van der Waals surface area contributed by atoms with Gasteiger partial charge in [-0.15, -0.1) is 0 Å². The van der Waals surface area contributed by atoms with Gasteiger partial charge in [0.25, 0.3) is 0 Å². The first kappa shape index (κ1) is 11.1. The van der Waals surface area contributed by atoms with Crippen molar-refractivity contribution in [3.63, 3.8) is 0 Å². The molecule has 0 saturated carbocycles. The molecule has 0 aliphatic heterocycles. The lowest BCUT2D eigenvalue weighted by Crippen LogP contribution is -2.22. The maximum absolute atomic E-state index is 6.16. The summed E-state index contributed by atoms with van der Waals surface area (Å²) in [6.07, 6.45) is 2.10. The molecule has 2 atom stereocenters. The largest absolute Gasteiger partial charge is 0.453 e. The smallest absolute Gasteiger partial charge is 0.169 e. The molecule has 0 saturated heterocycles. The topological polar surface area (TPSA) is 39.2 Å². The maximum Gasteiger partial charge on any atom is 0.169 e. The molecule has 2 N–H and O–H groups in total. The van der Waals surface area contributed by atoms with Crippen molar-refractivity contribution in [2.24, 2.45) is 5.73 Å². The Morgan fingerprint density at radius 2 is 2.12 bits per heavy atom. The number of hydrogen-bond acceptors (Lipinski definition) is 2. The van der Waals surface area contributed by atoms with Crippen molar-refractivity contribution in [2.75, 3.05) is 0 Å². The molecule has 1 aliphatic carbocycles. The molecule has 2 unspecified atom stereocenters. The molecule has 17 heavy (non-hydrogen) atoms. The predicted molar refractivity (Wildman–Crippen MR) is 70.8 cm³/mol. The SMILES string of the molecule is NC(CC1Cc2ccccc21)c1ccc(Br)o1. The lowest BCUT2D eigenvalue weighted by atomic mass is 9.74. The van der Waals surface area contributed by atoms with Crippen LogP contribution in [-0.2, 0) is 6.42 Å². The molecular weight excluding hydrogens is 278 g/mol. The molecule has 0 bridgehead atoms. The van der Waals surface area contributed by atoms with E-state index in [2.05, 4.69) is 40.2 Å². The van der Waals surface area contributed by atoms with Crippen LogP contribution in [0.5, 0.6) is 0 Å². The van der Waals surface area contributed by atoms with Gasteiger partial charge in [0.05, 0.1) is 6.04 Å². The van der Waals surface area contributed by atoms with Gasteiger partial charge in [-0.3, -0.25) is 0 Å². The molecule has 3 heteroatoms. The summed E-state index contributed by atoms with van der Waals surface area (Å²) in [5.41, 5.74) is 9.08. The van der Waals surface area contributed by atoms with Crippen molar-refractivity contribution in [3.05, 3.63) is 58.0 Å². The Morgan fingerprint density at radius 3 is 2.82 bits per heavy atom. The average molecular weight is 292 g/mol. The third kappa shape index (κ3) is 2.05. The Balaban J connectivity index is 1.70. The van der Waals surface area contributed by atoms with Gasteiger partial charge in [0.15, 0.2) is 4.67 Å². The van der Waals surface area contributed by atoms with Crippen LogP contribution in [0, 0.1) is 0 Å². The zero-order valence-corrected chi connectivity index (χ0v) is 11.0. The van der Waals surface area contributed by atoms with Crippen molar-refractivity contribution in [1.29, 1.82) is 0 Å². The van der Waals surface area contributed by atoms with Crippen LogP contribution in [0.25, 0.3) is 0 Å². The Labute approximate surface area is 109 Å². The molecule has 2 aromatic rings. The number of furan rings is 1. The van der Waals surface area contributed by atoms with Crippen molar-refractivity contribution in [3.8, 4) is 0 Å². The van der Waals surface area contributed by atoms with Gasteiger partial charge in [0.2, 0.25) is 0 Å². The molecule has 0 spiro atoms. The second-order valence-corrected chi connectivity index (χ2v) is 5.37. The van der Waals surface area contributed by atoms with Gasteiger partial charge in [-0.25, -0.2) is 0 Å². The van der Waals surface area contributed by atoms with E-state index in [9.17, 15) is 0 Å². The van der Waals surface area contributed by atoms with E-state index in [-0.39, 0.29) is 6.04 Å². The standard InChI is InChI=1S/C14H14BrNO/c15-14-6-5-13(17-14)12(16)8-10-7-9-3-1-2-4-11(9)10/h1-6,10,12H,7-8,16H2. The third-order valence-corrected chi connectivity index (χ3v) is 3.89. The molecule has 2 nitrogen and oxygen atoms in total. The predicted octanol–water partition coefficient (Wildman–Crippen LogP) is 3.77. The Kier molecular flexibility index (Phi) is 2.81. The van der Waals surface area contributed by atoms with Gasteiger partial charge < -0.3 is 10.2 Å². The van der Waals surface area contributed by atoms with E-state index in [0.29, 0.717) is 5.92 Å². The molecule has 1 aliphatic rings. The molecule has 1 heterocycles. The normalized spacial score (nSPS) is 19.5. The van der Waals surface area contributed by atoms with Gasteiger partial charge in [-0.05, 0) is 57.9 Å². The minimum atomic E-state index is -0.0142. The first-order chi connectivity index (χ1) is 8.24. The zero-order valence-electron chi connectivity index (χ0n) is 9.40. The van der Waals surface area contributed by atoms with Crippen LogP contribution in [-0.4, -0.2) is 0 Å². The summed E-state index contributed by atoms with van der Waals surface area (Å²) in [4.78, 5) is 0. The number of hydrogen-bond donors (Lipinski definition) is 1. The summed E-state index contributed by atoms with van der Waals surface area (Å²) in [7, 11) is 0. The van der Waals surface area contributed by atoms with Gasteiger partial charge in [0.1, 0.15) is 5.76 Å². The molecule has 88 valence electrons. The first-order valence-corrected chi connectivity index (χ1v) is 6.62. The van der Waals surface area contributed by atoms with E-state index < -0.39 is 0 Å². The van der Waals surface area contributed by atoms with E-state index in [4.69, 9.17) is 10.2 Å². The summed E-state index contributed by atoms with van der Waals surface area (Å²) in [6.45, 7) is 0. The van der Waals surface area contributed by atoms with E-state index >= 15 is 0 Å². The van der Waals surface area contributed by atoms with Crippen LogP contribution in [0.15, 0.2) is 45.5 Å². The summed E-state index contributed by atoms with van der Waals surface area (Å²) >= 11 is 3.30.